The van der Waals surface area contributed by atoms with E-state index in [-0.39, 0.29) is 51.9 Å². The summed E-state index contributed by atoms with van der Waals surface area (Å²) in [6, 6.07) is 11.1. The molecular formula is C32H28Cl2FN5O6. The monoisotopic (exact) mass is 667 g/mol. The Labute approximate surface area is 272 Å². The Bertz CT molecular complexity index is 1820. The summed E-state index contributed by atoms with van der Waals surface area (Å²) in [5.41, 5.74) is -1.47. The molecule has 0 unspecified atom stereocenters. The van der Waals surface area contributed by atoms with Gasteiger partial charge in [0, 0.05) is 36.7 Å². The first-order chi connectivity index (χ1) is 22.1. The molecule has 1 aliphatic carbocycles. The van der Waals surface area contributed by atoms with Gasteiger partial charge in [-0.1, -0.05) is 35.3 Å². The van der Waals surface area contributed by atoms with E-state index in [0.29, 0.717) is 18.5 Å². The number of rotatable bonds is 7. The summed E-state index contributed by atoms with van der Waals surface area (Å²) < 4.78 is 21.2. The minimum atomic E-state index is -1.54. The second-order valence-corrected chi connectivity index (χ2v) is 12.8. The van der Waals surface area contributed by atoms with Gasteiger partial charge in [0.05, 0.1) is 28.0 Å². The molecule has 0 bridgehead atoms. The molecule has 2 amide bonds. The fourth-order valence-corrected chi connectivity index (χ4v) is 7.91. The molecule has 0 radical (unpaired) electrons. The zero-order valence-corrected chi connectivity index (χ0v) is 26.1. The highest BCUT2D eigenvalue weighted by molar-refractivity contribution is 6.31. The number of hydrogen-bond donors (Lipinski definition) is 1. The van der Waals surface area contributed by atoms with Crippen LogP contribution < -0.4 is 10.2 Å². The second kappa shape index (κ2) is 11.3. The number of fused-ring (bicyclic) bond motifs is 3. The molecule has 11 nitrogen and oxygen atoms in total. The Kier molecular flexibility index (Phi) is 7.49. The number of benzene rings is 2. The van der Waals surface area contributed by atoms with Crippen molar-refractivity contribution in [3.05, 3.63) is 91.3 Å². The van der Waals surface area contributed by atoms with Gasteiger partial charge in [-0.25, -0.2) is 14.2 Å². The average molecular weight is 669 g/mol. The Morgan fingerprint density at radius 1 is 1.17 bits per heavy atom. The molecule has 4 aliphatic rings. The number of esters is 1. The van der Waals surface area contributed by atoms with Gasteiger partial charge in [-0.3, -0.25) is 24.6 Å². The fraction of sp³-hybridized carbons (Fsp3) is 0.375. The Hall–Kier alpha value is -4.13. The first-order valence-corrected chi connectivity index (χ1v) is 15.8. The SMILES string of the molecule is CCOC(=O)c1ccc(N2CC[C@H]3[C@@H](C2=O)[C@H](c2cccc(Cl)c2F)[C@]2(C(=O)Nc4nc(Cl)ccc42)N3CC2CC2)c([N+](=O)[O-])c1. The van der Waals surface area contributed by atoms with E-state index >= 15 is 4.39 Å². The van der Waals surface area contributed by atoms with Crippen molar-refractivity contribution < 1.29 is 28.4 Å². The molecule has 1 aromatic heterocycles. The molecule has 1 N–H and O–H groups in total. The van der Waals surface area contributed by atoms with Crippen LogP contribution in [-0.4, -0.2) is 58.3 Å². The number of halogens is 3. The van der Waals surface area contributed by atoms with E-state index in [9.17, 15) is 24.5 Å². The van der Waals surface area contributed by atoms with Crippen molar-refractivity contribution in [3.8, 4) is 0 Å². The molecule has 3 fully saturated rings. The molecule has 14 heteroatoms. The van der Waals surface area contributed by atoms with Crippen LogP contribution in [0.4, 0.5) is 21.6 Å². The molecule has 7 rings (SSSR count). The van der Waals surface area contributed by atoms with Crippen LogP contribution in [0.15, 0.2) is 48.5 Å². The number of piperidine rings is 1. The van der Waals surface area contributed by atoms with Gasteiger partial charge in [0.15, 0.2) is 0 Å². The number of nitro benzene ring substituents is 1. The number of carbonyl (C=O) groups excluding carboxylic acids is 3. The summed E-state index contributed by atoms with van der Waals surface area (Å²) in [4.78, 5) is 60.9. The van der Waals surface area contributed by atoms with Crippen molar-refractivity contribution >= 4 is 58.2 Å². The maximum atomic E-state index is 16.1. The molecule has 4 heterocycles. The van der Waals surface area contributed by atoms with Gasteiger partial charge in [-0.15, -0.1) is 0 Å². The number of carbonyl (C=O) groups is 3. The molecule has 1 saturated carbocycles. The van der Waals surface area contributed by atoms with Crippen LogP contribution in [0.5, 0.6) is 0 Å². The van der Waals surface area contributed by atoms with Gasteiger partial charge in [-0.05, 0) is 68.0 Å². The number of hydrogen-bond acceptors (Lipinski definition) is 8. The highest BCUT2D eigenvalue weighted by atomic mass is 35.5. The Morgan fingerprint density at radius 3 is 2.67 bits per heavy atom. The van der Waals surface area contributed by atoms with Crippen LogP contribution in [0, 0.1) is 27.8 Å². The van der Waals surface area contributed by atoms with Gasteiger partial charge in [-0.2, -0.15) is 0 Å². The van der Waals surface area contributed by atoms with E-state index in [2.05, 4.69) is 10.3 Å². The fourth-order valence-electron chi connectivity index (χ4n) is 7.58. The van der Waals surface area contributed by atoms with E-state index in [1.807, 2.05) is 4.90 Å². The molecule has 3 aliphatic heterocycles. The van der Waals surface area contributed by atoms with Crippen LogP contribution >= 0.6 is 23.2 Å². The summed E-state index contributed by atoms with van der Waals surface area (Å²) in [6.45, 7) is 2.28. The predicted molar refractivity (Wildman–Crippen MR) is 166 cm³/mol. The average Bonchev–Trinajstić information content (AvgIpc) is 3.74. The summed E-state index contributed by atoms with van der Waals surface area (Å²) in [5.74, 6) is -4.01. The van der Waals surface area contributed by atoms with Crippen LogP contribution in [0.1, 0.15) is 53.6 Å². The van der Waals surface area contributed by atoms with Crippen LogP contribution in [0.25, 0.3) is 0 Å². The maximum absolute atomic E-state index is 16.1. The number of likely N-dealkylation sites (tertiary alicyclic amines) is 1. The van der Waals surface area contributed by atoms with Crippen LogP contribution in [0.3, 0.4) is 0 Å². The van der Waals surface area contributed by atoms with Crippen molar-refractivity contribution in [2.24, 2.45) is 11.8 Å². The lowest BCUT2D eigenvalue weighted by Crippen LogP contribution is -2.54. The lowest BCUT2D eigenvalue weighted by Gasteiger charge is -2.40. The zero-order valence-electron chi connectivity index (χ0n) is 24.5. The number of anilines is 2. The summed E-state index contributed by atoms with van der Waals surface area (Å²) >= 11 is 12.5. The third kappa shape index (κ3) is 4.57. The van der Waals surface area contributed by atoms with E-state index in [1.54, 1.807) is 25.1 Å². The third-order valence-electron chi connectivity index (χ3n) is 9.57. The predicted octanol–water partition coefficient (Wildman–Crippen LogP) is 5.69. The normalized spacial score (nSPS) is 25.4. The minimum Gasteiger partial charge on any atom is -0.462 e. The first kappa shape index (κ1) is 30.5. The van der Waals surface area contributed by atoms with Gasteiger partial charge in [0.2, 0.25) is 5.91 Å². The number of nitrogens with one attached hydrogen (secondary N) is 1. The lowest BCUT2D eigenvalue weighted by molar-refractivity contribution is -0.384. The molecule has 4 atom stereocenters. The van der Waals surface area contributed by atoms with Gasteiger partial charge in [0.1, 0.15) is 28.0 Å². The number of ether oxygens (including phenoxy) is 1. The van der Waals surface area contributed by atoms with Gasteiger partial charge in [0.25, 0.3) is 11.6 Å². The Balaban J connectivity index is 1.42. The van der Waals surface area contributed by atoms with Gasteiger partial charge < -0.3 is 15.0 Å². The smallest absolute Gasteiger partial charge is 0.338 e. The van der Waals surface area contributed by atoms with E-state index in [1.165, 1.54) is 29.2 Å². The molecular weight excluding hydrogens is 640 g/mol. The molecule has 2 saturated heterocycles. The molecule has 3 aromatic rings. The van der Waals surface area contributed by atoms with E-state index in [0.717, 1.165) is 18.9 Å². The summed E-state index contributed by atoms with van der Waals surface area (Å²) in [6.07, 6.45) is 2.24. The molecule has 1 spiro atoms. The van der Waals surface area contributed by atoms with Gasteiger partial charge >= 0.3 is 5.97 Å². The number of nitrogens with zero attached hydrogens (tertiary/aromatic N) is 4. The van der Waals surface area contributed by atoms with E-state index < -0.39 is 57.6 Å². The molecule has 2 aromatic carbocycles. The largest absolute Gasteiger partial charge is 0.462 e. The number of amides is 2. The molecule has 46 heavy (non-hydrogen) atoms. The highest BCUT2D eigenvalue weighted by Crippen LogP contribution is 2.62. The quantitative estimate of drug-likeness (QED) is 0.147. The first-order valence-electron chi connectivity index (χ1n) is 15.0. The summed E-state index contributed by atoms with van der Waals surface area (Å²) in [5, 5.41) is 15.1. The zero-order chi connectivity index (χ0) is 32.5. The van der Waals surface area contributed by atoms with Crippen molar-refractivity contribution in [3.63, 3.8) is 0 Å². The minimum absolute atomic E-state index is 0.00812. The van der Waals surface area contributed by atoms with Crippen molar-refractivity contribution in [1.29, 1.82) is 0 Å². The third-order valence-corrected chi connectivity index (χ3v) is 10.1. The number of pyridine rings is 1. The van der Waals surface area contributed by atoms with Crippen molar-refractivity contribution in [2.45, 2.75) is 43.7 Å². The summed E-state index contributed by atoms with van der Waals surface area (Å²) in [7, 11) is 0. The van der Waals surface area contributed by atoms with Crippen LogP contribution in [0.2, 0.25) is 10.2 Å². The maximum Gasteiger partial charge on any atom is 0.338 e. The van der Waals surface area contributed by atoms with Crippen molar-refractivity contribution in [1.82, 2.24) is 9.88 Å². The van der Waals surface area contributed by atoms with Crippen molar-refractivity contribution in [2.75, 3.05) is 29.9 Å². The second-order valence-electron chi connectivity index (χ2n) is 12.0. The Morgan fingerprint density at radius 2 is 1.96 bits per heavy atom. The highest BCUT2D eigenvalue weighted by Gasteiger charge is 2.70. The lowest BCUT2D eigenvalue weighted by atomic mass is 9.70. The topological polar surface area (TPSA) is 135 Å². The molecule has 238 valence electrons. The van der Waals surface area contributed by atoms with E-state index in [4.69, 9.17) is 27.9 Å². The number of aromatic nitrogens is 1. The van der Waals surface area contributed by atoms with Crippen LogP contribution in [-0.2, 0) is 19.9 Å². The standard InChI is InChI=1S/C32H28Cl2FN5O6/c1-2-46-30(42)17-8-10-21(23(14-17)40(44)45)38-13-12-22-25(29(38)41)26(18-4-3-5-20(33)27(18)35)32(39(22)15-16-6-7-16)19-9-11-24(34)36-28(19)37-31(32)43/h3-5,8-11,14,16,22,25-26H,2,6-7,12-13,15H2,1H3,(H,36,37,43)/t22-,25+,26-,32+/m0/s1. The number of nitro groups is 1.